The summed E-state index contributed by atoms with van der Waals surface area (Å²) < 4.78 is 0. The van der Waals surface area contributed by atoms with Gasteiger partial charge >= 0.3 is 12.1 Å². The van der Waals surface area contributed by atoms with Gasteiger partial charge in [0.15, 0.2) is 0 Å². The van der Waals surface area contributed by atoms with Gasteiger partial charge in [0.2, 0.25) is 5.91 Å². The number of likely N-dealkylation sites (N-methyl/N-ethyl adjacent to an activating group) is 1. The van der Waals surface area contributed by atoms with E-state index in [2.05, 4.69) is 33.5 Å². The van der Waals surface area contributed by atoms with Gasteiger partial charge < -0.3 is 30.7 Å². The molecule has 4 aliphatic heterocycles. The smallest absolute Gasteiger partial charge is 0.323 e. The van der Waals surface area contributed by atoms with Crippen molar-refractivity contribution >= 4 is 51.6 Å². The number of likely N-dealkylation sites (tertiary alicyclic amines) is 2. The molecule has 2 aromatic rings. The van der Waals surface area contributed by atoms with Crippen molar-refractivity contribution in [1.82, 2.24) is 29.8 Å². The fourth-order valence-electron chi connectivity index (χ4n) is 7.35. The fraction of sp³-hybridized carbons (Fsp3) is 0.606. The minimum absolute atomic E-state index is 0.0531. The molecule has 0 unspecified atom stereocenters. The third kappa shape index (κ3) is 7.25. The van der Waals surface area contributed by atoms with Crippen molar-refractivity contribution in [1.29, 1.82) is 0 Å². The Morgan fingerprint density at radius 3 is 2.39 bits per heavy atom. The summed E-state index contributed by atoms with van der Waals surface area (Å²) in [6.45, 7) is 9.30. The zero-order chi connectivity index (χ0) is 32.4. The third-order valence-electron chi connectivity index (χ3n) is 10.3. The van der Waals surface area contributed by atoms with Gasteiger partial charge in [0.1, 0.15) is 11.0 Å². The molecule has 4 aliphatic rings. The Labute approximate surface area is 281 Å². The minimum atomic E-state index is -0.723. The number of aryl methyl sites for hydroxylation is 1. The normalized spacial score (nSPS) is 21.2. The molecule has 6 rings (SSSR count). The summed E-state index contributed by atoms with van der Waals surface area (Å²) in [4.78, 5) is 51.1. The molecule has 4 N–H and O–H groups in total. The molecule has 5 heterocycles. The van der Waals surface area contributed by atoms with Gasteiger partial charge in [-0.05, 0) is 67.8 Å². The molecular formula is C33H47ClN8O3S. The molecule has 3 fully saturated rings. The van der Waals surface area contributed by atoms with Crippen LogP contribution in [0, 0.1) is 0 Å². The number of urea groups is 2. The van der Waals surface area contributed by atoms with E-state index < -0.39 is 6.04 Å². The lowest BCUT2D eigenvalue weighted by molar-refractivity contribution is -0.135. The van der Waals surface area contributed by atoms with Gasteiger partial charge in [0.25, 0.3) is 0 Å². The predicted molar refractivity (Wildman–Crippen MR) is 183 cm³/mol. The number of anilines is 2. The Kier molecular flexibility index (Phi) is 10.3. The minimum Gasteiger partial charge on any atom is -0.397 e. The van der Waals surface area contributed by atoms with E-state index in [1.165, 1.54) is 0 Å². The highest BCUT2D eigenvalue weighted by molar-refractivity contribution is 7.14. The van der Waals surface area contributed by atoms with E-state index in [-0.39, 0.29) is 24.0 Å². The topological polar surface area (TPSA) is 117 Å². The second-order valence-electron chi connectivity index (χ2n) is 13.2. The van der Waals surface area contributed by atoms with Gasteiger partial charge in [0, 0.05) is 76.4 Å². The third-order valence-corrected chi connectivity index (χ3v) is 11.5. The van der Waals surface area contributed by atoms with Gasteiger partial charge in [-0.1, -0.05) is 24.6 Å². The molecule has 5 amide bonds. The van der Waals surface area contributed by atoms with E-state index in [1.807, 2.05) is 34.2 Å². The average molecular weight is 671 g/mol. The molecule has 0 saturated carbocycles. The number of nitrogen functional groups attached to an aromatic ring is 1. The van der Waals surface area contributed by atoms with Gasteiger partial charge in [-0.25, -0.2) is 9.59 Å². The first-order chi connectivity index (χ1) is 22.2. The SMILES string of the molecule is CCc1cc(C[C@@H](NC(=O)N2CCC(N3Cc4ccsc4NC3=O)CC2)C(=O)N2CCC(N3CCN(C)CC3)CC2)cc(Cl)c1N. The van der Waals surface area contributed by atoms with Crippen LogP contribution >= 0.6 is 22.9 Å². The Hall–Kier alpha value is -3.06. The van der Waals surface area contributed by atoms with E-state index in [0.29, 0.717) is 68.7 Å². The average Bonchev–Trinajstić information content (AvgIpc) is 3.53. The number of benzene rings is 1. The van der Waals surface area contributed by atoms with Gasteiger partial charge in [-0.3, -0.25) is 15.0 Å². The van der Waals surface area contributed by atoms with Crippen molar-refractivity contribution < 1.29 is 14.4 Å². The number of nitrogens with two attached hydrogens (primary N) is 1. The van der Waals surface area contributed by atoms with E-state index in [4.69, 9.17) is 17.3 Å². The lowest BCUT2D eigenvalue weighted by Crippen LogP contribution is -2.58. The van der Waals surface area contributed by atoms with Crippen LogP contribution in [0.4, 0.5) is 20.3 Å². The van der Waals surface area contributed by atoms with E-state index in [1.54, 1.807) is 16.2 Å². The zero-order valence-corrected chi connectivity index (χ0v) is 28.5. The maximum Gasteiger partial charge on any atom is 0.323 e. The molecular weight excluding hydrogens is 624 g/mol. The number of hydrogen-bond donors (Lipinski definition) is 3. The summed E-state index contributed by atoms with van der Waals surface area (Å²) in [6, 6.07) is 5.37. The molecule has 0 bridgehead atoms. The maximum absolute atomic E-state index is 14.1. The molecule has 3 saturated heterocycles. The molecule has 0 aliphatic carbocycles. The van der Waals surface area contributed by atoms with Crippen LogP contribution in [-0.4, -0.2) is 120 Å². The second kappa shape index (κ2) is 14.4. The van der Waals surface area contributed by atoms with Crippen molar-refractivity contribution in [3.63, 3.8) is 0 Å². The van der Waals surface area contributed by atoms with Crippen LogP contribution in [-0.2, 0) is 24.2 Å². The number of halogens is 1. The number of fused-ring (bicyclic) bond motifs is 1. The van der Waals surface area contributed by atoms with Crippen LogP contribution in [0.2, 0.25) is 5.02 Å². The zero-order valence-electron chi connectivity index (χ0n) is 27.0. The molecule has 0 radical (unpaired) electrons. The number of carbonyl (C=O) groups excluding carboxylic acids is 3. The van der Waals surface area contributed by atoms with Crippen molar-refractivity contribution in [3.8, 4) is 0 Å². The fourth-order valence-corrected chi connectivity index (χ4v) is 8.41. The largest absolute Gasteiger partial charge is 0.397 e. The Balaban J connectivity index is 1.10. The predicted octanol–water partition coefficient (Wildman–Crippen LogP) is 3.92. The number of thiophene rings is 1. The lowest BCUT2D eigenvalue weighted by Gasteiger charge is -2.43. The van der Waals surface area contributed by atoms with Crippen LogP contribution in [0.25, 0.3) is 0 Å². The van der Waals surface area contributed by atoms with Crippen molar-refractivity contribution in [2.75, 3.05) is 70.5 Å². The highest BCUT2D eigenvalue weighted by Gasteiger charge is 2.36. The summed E-state index contributed by atoms with van der Waals surface area (Å²) in [7, 11) is 2.17. The van der Waals surface area contributed by atoms with E-state index in [9.17, 15) is 14.4 Å². The van der Waals surface area contributed by atoms with Gasteiger partial charge in [0.05, 0.1) is 17.3 Å². The van der Waals surface area contributed by atoms with Crippen molar-refractivity contribution in [2.24, 2.45) is 0 Å². The molecule has 46 heavy (non-hydrogen) atoms. The molecule has 0 spiro atoms. The molecule has 1 atom stereocenters. The molecule has 1 aromatic carbocycles. The maximum atomic E-state index is 14.1. The highest BCUT2D eigenvalue weighted by atomic mass is 35.5. The number of hydrogen-bond acceptors (Lipinski definition) is 7. The molecule has 1 aromatic heterocycles. The first-order valence-electron chi connectivity index (χ1n) is 16.7. The van der Waals surface area contributed by atoms with Crippen molar-refractivity contribution in [2.45, 2.75) is 70.1 Å². The van der Waals surface area contributed by atoms with Crippen LogP contribution in [0.1, 0.15) is 49.3 Å². The van der Waals surface area contributed by atoms with Crippen LogP contribution in [0.15, 0.2) is 23.6 Å². The quantitative estimate of drug-likeness (QED) is 0.385. The van der Waals surface area contributed by atoms with Gasteiger partial charge in [-0.15, -0.1) is 11.3 Å². The highest BCUT2D eigenvalue weighted by Crippen LogP contribution is 2.32. The van der Waals surface area contributed by atoms with Crippen LogP contribution in [0.3, 0.4) is 0 Å². The molecule has 11 nitrogen and oxygen atoms in total. The molecule has 13 heteroatoms. The Morgan fingerprint density at radius 2 is 1.70 bits per heavy atom. The van der Waals surface area contributed by atoms with Crippen LogP contribution in [0.5, 0.6) is 0 Å². The summed E-state index contributed by atoms with van der Waals surface area (Å²) in [5.74, 6) is -0.0531. The summed E-state index contributed by atoms with van der Waals surface area (Å²) in [5.41, 5.74) is 9.71. The Morgan fingerprint density at radius 1 is 1.02 bits per heavy atom. The summed E-state index contributed by atoms with van der Waals surface area (Å²) >= 11 is 8.03. The van der Waals surface area contributed by atoms with E-state index >= 15 is 0 Å². The number of nitrogens with zero attached hydrogens (tertiary/aromatic N) is 5. The lowest BCUT2D eigenvalue weighted by atomic mass is 9.98. The summed E-state index contributed by atoms with van der Waals surface area (Å²) in [6.07, 6.45) is 4.31. The van der Waals surface area contributed by atoms with Crippen LogP contribution < -0.4 is 16.4 Å². The number of carbonyl (C=O) groups is 3. The number of nitrogens with one attached hydrogen (secondary N) is 2. The Bertz CT molecular complexity index is 1410. The number of amides is 5. The number of piperazine rings is 1. The number of piperidine rings is 2. The first-order valence-corrected chi connectivity index (χ1v) is 17.9. The van der Waals surface area contributed by atoms with E-state index in [0.717, 1.165) is 67.1 Å². The first kappa shape index (κ1) is 32.9. The number of rotatable bonds is 7. The standard InChI is InChI=1S/C33H47ClN8O3S/c1-3-23-18-22(19-27(34)29(23)35)20-28(31(43)40-9-4-25(5-10-40)39-15-13-38(2)14-16-39)36-32(44)41-11-6-26(7-12-41)42-21-24-8-17-46-30(24)37-33(42)45/h8,17-19,25-26,28H,3-7,9-16,20-21,35H2,1-2H3,(H,36,44)(H,37,45)/t28-/m1/s1. The second-order valence-corrected chi connectivity index (χ2v) is 14.5. The van der Waals surface area contributed by atoms with Crippen molar-refractivity contribution in [3.05, 3.63) is 45.3 Å². The molecule has 250 valence electrons. The monoisotopic (exact) mass is 670 g/mol. The van der Waals surface area contributed by atoms with Gasteiger partial charge in [-0.2, -0.15) is 0 Å². The summed E-state index contributed by atoms with van der Waals surface area (Å²) in [5, 5.41) is 9.50.